The maximum atomic E-state index is 5.82. The van der Waals surface area contributed by atoms with Crippen LogP contribution in [0.2, 0.25) is 10.0 Å². The number of halogens is 2. The molecule has 0 bridgehead atoms. The summed E-state index contributed by atoms with van der Waals surface area (Å²) in [5, 5.41) is 1.18. The molecule has 1 unspecified atom stereocenters. The Labute approximate surface area is 87.3 Å². The van der Waals surface area contributed by atoms with Gasteiger partial charge in [0.05, 0.1) is 6.04 Å². The van der Waals surface area contributed by atoms with Crippen LogP contribution in [0.5, 0.6) is 0 Å². The van der Waals surface area contributed by atoms with Crippen LogP contribution >= 0.6 is 23.2 Å². The van der Waals surface area contributed by atoms with E-state index in [9.17, 15) is 0 Å². The van der Waals surface area contributed by atoms with Crippen molar-refractivity contribution < 1.29 is 0 Å². The van der Waals surface area contributed by atoms with Crippen LogP contribution in [0.15, 0.2) is 30.9 Å². The zero-order valence-corrected chi connectivity index (χ0v) is 8.44. The van der Waals surface area contributed by atoms with Crippen molar-refractivity contribution in [3.8, 4) is 0 Å². The van der Waals surface area contributed by atoms with Gasteiger partial charge in [0.2, 0.25) is 0 Å². The summed E-state index contributed by atoms with van der Waals surface area (Å²) in [7, 11) is 0. The first-order chi connectivity index (χ1) is 6.17. The Morgan fingerprint density at radius 3 is 2.23 bits per heavy atom. The second kappa shape index (κ2) is 4.63. The average molecular weight is 217 g/mol. The van der Waals surface area contributed by atoms with Crippen molar-refractivity contribution in [3.63, 3.8) is 0 Å². The molecule has 0 aliphatic heterocycles. The summed E-state index contributed by atoms with van der Waals surface area (Å²) in [4.78, 5) is 0. The highest BCUT2D eigenvalue weighted by Gasteiger charge is 2.06. The van der Waals surface area contributed by atoms with Crippen LogP contribution in [-0.2, 0) is 0 Å². The van der Waals surface area contributed by atoms with Crippen molar-refractivity contribution in [2.24, 2.45) is 5.84 Å². The van der Waals surface area contributed by atoms with E-state index in [0.29, 0.717) is 10.0 Å². The van der Waals surface area contributed by atoms with E-state index in [0.717, 1.165) is 5.56 Å². The summed E-state index contributed by atoms with van der Waals surface area (Å²) < 4.78 is 0. The number of hydrogen-bond acceptors (Lipinski definition) is 2. The minimum absolute atomic E-state index is 0.129. The molecule has 1 atom stereocenters. The molecular weight excluding hydrogens is 207 g/mol. The van der Waals surface area contributed by atoms with Crippen molar-refractivity contribution in [2.75, 3.05) is 0 Å². The second-order valence-electron chi connectivity index (χ2n) is 2.58. The second-order valence-corrected chi connectivity index (χ2v) is 3.46. The Morgan fingerprint density at radius 1 is 1.31 bits per heavy atom. The van der Waals surface area contributed by atoms with E-state index in [2.05, 4.69) is 12.0 Å². The molecule has 1 aromatic carbocycles. The van der Waals surface area contributed by atoms with Crippen molar-refractivity contribution in [1.82, 2.24) is 5.43 Å². The minimum Gasteiger partial charge on any atom is -0.271 e. The third-order valence-electron chi connectivity index (χ3n) is 1.66. The quantitative estimate of drug-likeness (QED) is 0.464. The van der Waals surface area contributed by atoms with E-state index in [1.807, 2.05) is 0 Å². The van der Waals surface area contributed by atoms with Crippen molar-refractivity contribution in [1.29, 1.82) is 0 Å². The van der Waals surface area contributed by atoms with E-state index in [1.165, 1.54) is 0 Å². The summed E-state index contributed by atoms with van der Waals surface area (Å²) in [6.45, 7) is 3.64. The van der Waals surface area contributed by atoms with Crippen molar-refractivity contribution >= 4 is 23.2 Å². The third kappa shape index (κ3) is 2.71. The highest BCUT2D eigenvalue weighted by Crippen LogP contribution is 2.23. The van der Waals surface area contributed by atoms with Gasteiger partial charge in [-0.15, -0.1) is 6.58 Å². The Kier molecular flexibility index (Phi) is 3.75. The standard InChI is InChI=1S/C9H10Cl2N2/c1-2-9(13-12)6-3-7(10)5-8(11)4-6/h2-5,9,13H,1,12H2. The van der Waals surface area contributed by atoms with Crippen LogP contribution in [0.3, 0.4) is 0 Å². The van der Waals surface area contributed by atoms with Gasteiger partial charge < -0.3 is 0 Å². The molecule has 13 heavy (non-hydrogen) atoms. The molecule has 0 radical (unpaired) electrons. The third-order valence-corrected chi connectivity index (χ3v) is 2.10. The van der Waals surface area contributed by atoms with Gasteiger partial charge in [-0.1, -0.05) is 29.3 Å². The Bertz CT molecular complexity index is 292. The Balaban J connectivity index is 3.05. The highest BCUT2D eigenvalue weighted by molar-refractivity contribution is 6.34. The molecule has 0 amide bonds. The molecule has 0 saturated heterocycles. The molecular formula is C9H10Cl2N2. The predicted molar refractivity (Wildman–Crippen MR) is 56.7 cm³/mol. The molecule has 0 saturated carbocycles. The molecule has 0 aromatic heterocycles. The number of nitrogens with two attached hydrogens (primary N) is 1. The van der Waals surface area contributed by atoms with E-state index in [1.54, 1.807) is 24.3 Å². The maximum Gasteiger partial charge on any atom is 0.0639 e. The first-order valence-electron chi connectivity index (χ1n) is 3.72. The van der Waals surface area contributed by atoms with Gasteiger partial charge in [0.25, 0.3) is 0 Å². The molecule has 0 aliphatic rings. The summed E-state index contributed by atoms with van der Waals surface area (Å²) in [6.07, 6.45) is 1.68. The van der Waals surface area contributed by atoms with Gasteiger partial charge in [0.1, 0.15) is 0 Å². The van der Waals surface area contributed by atoms with Gasteiger partial charge in [-0.05, 0) is 23.8 Å². The van der Waals surface area contributed by atoms with Crippen LogP contribution in [0.25, 0.3) is 0 Å². The normalized spacial score (nSPS) is 12.5. The predicted octanol–water partition coefficient (Wildman–Crippen LogP) is 2.68. The van der Waals surface area contributed by atoms with Crippen molar-refractivity contribution in [2.45, 2.75) is 6.04 Å². The fourth-order valence-corrected chi connectivity index (χ4v) is 1.60. The first kappa shape index (κ1) is 10.5. The number of benzene rings is 1. The topological polar surface area (TPSA) is 38.0 Å². The first-order valence-corrected chi connectivity index (χ1v) is 4.47. The summed E-state index contributed by atoms with van der Waals surface area (Å²) in [5.41, 5.74) is 3.49. The largest absolute Gasteiger partial charge is 0.271 e. The average Bonchev–Trinajstić information content (AvgIpc) is 2.04. The molecule has 1 aromatic rings. The van der Waals surface area contributed by atoms with Gasteiger partial charge in [-0.2, -0.15) is 0 Å². The van der Waals surface area contributed by atoms with E-state index >= 15 is 0 Å². The van der Waals surface area contributed by atoms with Crippen molar-refractivity contribution in [3.05, 3.63) is 46.5 Å². The van der Waals surface area contributed by atoms with Crippen LogP contribution in [0.1, 0.15) is 11.6 Å². The molecule has 0 fully saturated rings. The summed E-state index contributed by atoms with van der Waals surface area (Å²) >= 11 is 11.6. The highest BCUT2D eigenvalue weighted by atomic mass is 35.5. The van der Waals surface area contributed by atoms with Gasteiger partial charge in [-0.25, -0.2) is 5.43 Å². The van der Waals surface area contributed by atoms with Crippen LogP contribution in [0.4, 0.5) is 0 Å². The zero-order chi connectivity index (χ0) is 9.84. The van der Waals surface area contributed by atoms with Crippen LogP contribution in [-0.4, -0.2) is 0 Å². The Hall–Kier alpha value is -0.540. The maximum absolute atomic E-state index is 5.82. The fourth-order valence-electron chi connectivity index (χ4n) is 1.06. The molecule has 3 N–H and O–H groups in total. The van der Waals surface area contributed by atoms with Gasteiger partial charge in [0.15, 0.2) is 0 Å². The smallest absolute Gasteiger partial charge is 0.0639 e. The molecule has 0 aliphatic carbocycles. The Morgan fingerprint density at radius 2 is 1.85 bits per heavy atom. The summed E-state index contributed by atoms with van der Waals surface area (Å²) in [5.74, 6) is 5.31. The molecule has 4 heteroatoms. The molecule has 0 spiro atoms. The SMILES string of the molecule is C=CC(NN)c1cc(Cl)cc(Cl)c1. The number of hydrogen-bond donors (Lipinski definition) is 2. The molecule has 70 valence electrons. The minimum atomic E-state index is -0.129. The van der Waals surface area contributed by atoms with E-state index in [-0.39, 0.29) is 6.04 Å². The monoisotopic (exact) mass is 216 g/mol. The number of nitrogens with one attached hydrogen (secondary N) is 1. The molecule has 2 nitrogen and oxygen atoms in total. The van der Waals surface area contributed by atoms with Gasteiger partial charge in [0, 0.05) is 10.0 Å². The van der Waals surface area contributed by atoms with E-state index in [4.69, 9.17) is 29.0 Å². The van der Waals surface area contributed by atoms with Gasteiger partial charge >= 0.3 is 0 Å². The number of hydrazine groups is 1. The van der Waals surface area contributed by atoms with E-state index < -0.39 is 0 Å². The zero-order valence-electron chi connectivity index (χ0n) is 6.93. The fraction of sp³-hybridized carbons (Fsp3) is 0.111. The molecule has 0 heterocycles. The lowest BCUT2D eigenvalue weighted by molar-refractivity contribution is 0.657. The number of rotatable bonds is 3. The molecule has 1 rings (SSSR count). The lowest BCUT2D eigenvalue weighted by atomic mass is 10.1. The summed E-state index contributed by atoms with van der Waals surface area (Å²) in [6, 6.07) is 5.12. The lowest BCUT2D eigenvalue weighted by Gasteiger charge is -2.11. The van der Waals surface area contributed by atoms with Crippen LogP contribution < -0.4 is 11.3 Å². The van der Waals surface area contributed by atoms with Gasteiger partial charge in [-0.3, -0.25) is 5.84 Å². The lowest BCUT2D eigenvalue weighted by Crippen LogP contribution is -2.26. The van der Waals surface area contributed by atoms with Crippen LogP contribution in [0, 0.1) is 0 Å².